The lowest BCUT2D eigenvalue weighted by atomic mass is 9.72. The number of ketones is 1. The first-order valence-electron chi connectivity index (χ1n) is 9.71. The standard InChI is InChI=1S/C22H24BrN3OS2/c1-22(2,3)13-6-9-15-17(10-13)29-20-18(15)19(24)25-21(26-20)28-11-16(27)12-4-7-14(23)8-5-12/h4-5,7-8,13H,6,9-11H2,1-3H3,(H2,24,25,26)/t13-/m0/s1. The lowest BCUT2D eigenvalue weighted by Crippen LogP contribution is -2.26. The van der Waals surface area contributed by atoms with Gasteiger partial charge in [-0.2, -0.15) is 0 Å². The SMILES string of the molecule is CC(C)(C)[C@H]1CCc2c(sc3nc(SCC(=O)c4ccc(Br)cc4)nc(N)c23)C1. The minimum atomic E-state index is 0.0586. The van der Waals surface area contributed by atoms with E-state index in [9.17, 15) is 4.79 Å². The summed E-state index contributed by atoms with van der Waals surface area (Å²) >= 11 is 6.49. The molecule has 29 heavy (non-hydrogen) atoms. The van der Waals surface area contributed by atoms with Crippen LogP contribution in [0.1, 0.15) is 48.0 Å². The average molecular weight is 490 g/mol. The van der Waals surface area contributed by atoms with Gasteiger partial charge in [0, 0.05) is 14.9 Å². The van der Waals surface area contributed by atoms with E-state index in [1.54, 1.807) is 11.3 Å². The smallest absolute Gasteiger partial charge is 0.191 e. The lowest BCUT2D eigenvalue weighted by Gasteiger charge is -2.33. The highest BCUT2D eigenvalue weighted by molar-refractivity contribution is 9.10. The third-order valence-corrected chi connectivity index (χ3v) is 8.16. The van der Waals surface area contributed by atoms with Gasteiger partial charge in [0.2, 0.25) is 0 Å². The van der Waals surface area contributed by atoms with Gasteiger partial charge in [0.25, 0.3) is 0 Å². The Kier molecular flexibility index (Phi) is 5.75. The molecule has 4 nitrogen and oxygen atoms in total. The molecule has 0 bridgehead atoms. The Morgan fingerprint density at radius 1 is 1.28 bits per heavy atom. The number of Topliss-reactive ketones (excluding diaryl/α,β-unsaturated/α-hetero) is 1. The number of carbonyl (C=O) groups excluding carboxylic acids is 1. The second-order valence-corrected chi connectivity index (χ2v) is 11.5. The van der Waals surface area contributed by atoms with Crippen molar-refractivity contribution in [2.75, 3.05) is 11.5 Å². The quantitative estimate of drug-likeness (QED) is 0.269. The molecule has 4 rings (SSSR count). The summed E-state index contributed by atoms with van der Waals surface area (Å²) < 4.78 is 0.957. The maximum Gasteiger partial charge on any atom is 0.191 e. The Labute approximate surface area is 187 Å². The molecule has 2 aromatic heterocycles. The number of aromatic nitrogens is 2. The summed E-state index contributed by atoms with van der Waals surface area (Å²) in [5, 5.41) is 1.60. The van der Waals surface area contributed by atoms with Gasteiger partial charge in [0.05, 0.1) is 11.1 Å². The van der Waals surface area contributed by atoms with Crippen LogP contribution in [-0.2, 0) is 12.8 Å². The lowest BCUT2D eigenvalue weighted by molar-refractivity contribution is 0.102. The number of rotatable bonds is 4. The Morgan fingerprint density at radius 2 is 2.00 bits per heavy atom. The molecule has 0 amide bonds. The van der Waals surface area contributed by atoms with Crippen LogP contribution in [0.15, 0.2) is 33.9 Å². The van der Waals surface area contributed by atoms with Crippen molar-refractivity contribution in [1.82, 2.24) is 9.97 Å². The highest BCUT2D eigenvalue weighted by atomic mass is 79.9. The van der Waals surface area contributed by atoms with Crippen molar-refractivity contribution in [3.63, 3.8) is 0 Å². The predicted octanol–water partition coefficient (Wildman–Crippen LogP) is 6.16. The zero-order valence-electron chi connectivity index (χ0n) is 16.8. The van der Waals surface area contributed by atoms with Gasteiger partial charge in [-0.3, -0.25) is 4.79 Å². The van der Waals surface area contributed by atoms with Crippen molar-refractivity contribution in [3.8, 4) is 0 Å². The molecule has 1 aliphatic rings. The predicted molar refractivity (Wildman–Crippen MR) is 126 cm³/mol. The number of nitrogens with two attached hydrogens (primary N) is 1. The van der Waals surface area contributed by atoms with Gasteiger partial charge in [0.1, 0.15) is 10.6 Å². The van der Waals surface area contributed by atoms with Crippen LogP contribution < -0.4 is 5.73 Å². The Hall–Kier alpha value is -1.44. The molecule has 7 heteroatoms. The van der Waals surface area contributed by atoms with Gasteiger partial charge in [-0.05, 0) is 48.3 Å². The molecule has 0 saturated heterocycles. The van der Waals surface area contributed by atoms with Crippen molar-refractivity contribution < 1.29 is 4.79 Å². The molecule has 152 valence electrons. The van der Waals surface area contributed by atoms with Gasteiger partial charge in [0.15, 0.2) is 10.9 Å². The normalized spacial score (nSPS) is 16.8. The first-order valence-corrected chi connectivity index (χ1v) is 12.3. The highest BCUT2D eigenvalue weighted by Gasteiger charge is 2.31. The van der Waals surface area contributed by atoms with Crippen LogP contribution in [0.3, 0.4) is 0 Å². The van der Waals surface area contributed by atoms with Crippen molar-refractivity contribution in [1.29, 1.82) is 0 Å². The van der Waals surface area contributed by atoms with Gasteiger partial charge in [-0.25, -0.2) is 9.97 Å². The van der Waals surface area contributed by atoms with Crippen LogP contribution in [0.2, 0.25) is 0 Å². The maximum atomic E-state index is 12.4. The second-order valence-electron chi connectivity index (χ2n) is 8.60. The molecule has 1 aromatic carbocycles. The first-order chi connectivity index (χ1) is 13.7. The summed E-state index contributed by atoms with van der Waals surface area (Å²) in [5.41, 5.74) is 8.67. The van der Waals surface area contributed by atoms with Gasteiger partial charge >= 0.3 is 0 Å². The summed E-state index contributed by atoms with van der Waals surface area (Å²) in [4.78, 5) is 24.0. The maximum absolute atomic E-state index is 12.4. The number of carbonyl (C=O) groups is 1. The average Bonchev–Trinajstić information content (AvgIpc) is 3.04. The number of benzene rings is 1. The van der Waals surface area contributed by atoms with Crippen LogP contribution >= 0.6 is 39.0 Å². The molecular formula is C22H24BrN3OS2. The fraction of sp³-hybridized carbons (Fsp3) is 0.409. The van der Waals surface area contributed by atoms with Crippen LogP contribution in [0.4, 0.5) is 5.82 Å². The highest BCUT2D eigenvalue weighted by Crippen LogP contribution is 2.44. The zero-order valence-corrected chi connectivity index (χ0v) is 20.0. The van der Waals surface area contributed by atoms with Crippen LogP contribution in [-0.4, -0.2) is 21.5 Å². The van der Waals surface area contributed by atoms with E-state index in [1.165, 1.54) is 28.6 Å². The van der Waals surface area contributed by atoms with Crippen molar-refractivity contribution in [2.45, 2.75) is 45.2 Å². The van der Waals surface area contributed by atoms with E-state index < -0.39 is 0 Å². The summed E-state index contributed by atoms with van der Waals surface area (Å²) in [7, 11) is 0. The summed E-state index contributed by atoms with van der Waals surface area (Å²) in [6.45, 7) is 6.96. The second kappa shape index (κ2) is 8.00. The molecule has 0 spiro atoms. The number of aryl methyl sites for hydroxylation is 1. The van der Waals surface area contributed by atoms with Gasteiger partial charge < -0.3 is 5.73 Å². The minimum Gasteiger partial charge on any atom is -0.383 e. The van der Waals surface area contributed by atoms with E-state index in [1.807, 2.05) is 24.3 Å². The number of thiophene rings is 1. The number of nitrogens with zero attached hydrogens (tertiary/aromatic N) is 2. The molecule has 2 heterocycles. The Morgan fingerprint density at radius 3 is 2.69 bits per heavy atom. The molecular weight excluding hydrogens is 466 g/mol. The topological polar surface area (TPSA) is 68.9 Å². The number of thioether (sulfide) groups is 1. The number of anilines is 1. The summed E-state index contributed by atoms with van der Waals surface area (Å²) in [6, 6.07) is 7.40. The zero-order chi connectivity index (χ0) is 20.8. The number of hydrogen-bond acceptors (Lipinski definition) is 6. The molecule has 0 saturated carbocycles. The Bertz CT molecular complexity index is 1070. The number of hydrogen-bond donors (Lipinski definition) is 1. The first kappa shape index (κ1) is 20.8. The summed E-state index contributed by atoms with van der Waals surface area (Å²) in [5.74, 6) is 1.57. The monoisotopic (exact) mass is 489 g/mol. The molecule has 1 aliphatic carbocycles. The molecule has 0 unspecified atom stereocenters. The van der Waals surface area contributed by atoms with Gasteiger partial charge in [-0.15, -0.1) is 11.3 Å². The largest absolute Gasteiger partial charge is 0.383 e. The molecule has 3 aromatic rings. The van der Waals surface area contributed by atoms with E-state index in [0.29, 0.717) is 33.6 Å². The van der Waals surface area contributed by atoms with Crippen molar-refractivity contribution >= 4 is 60.8 Å². The summed E-state index contributed by atoms with van der Waals surface area (Å²) in [6.07, 6.45) is 3.31. The molecule has 2 N–H and O–H groups in total. The molecule has 0 fully saturated rings. The molecule has 0 radical (unpaired) electrons. The third kappa shape index (κ3) is 4.37. The third-order valence-electron chi connectivity index (χ3n) is 5.64. The van der Waals surface area contributed by atoms with E-state index >= 15 is 0 Å². The van der Waals surface area contributed by atoms with Crippen LogP contribution in [0.5, 0.6) is 0 Å². The number of nitrogen functional groups attached to an aromatic ring is 1. The molecule has 1 atom stereocenters. The number of halogens is 1. The fourth-order valence-corrected chi connectivity index (χ4v) is 6.21. The Balaban J connectivity index is 1.55. The minimum absolute atomic E-state index is 0.0586. The van der Waals surface area contributed by atoms with E-state index in [-0.39, 0.29) is 5.78 Å². The van der Waals surface area contributed by atoms with Gasteiger partial charge in [-0.1, -0.05) is 60.6 Å². The fourth-order valence-electron chi connectivity index (χ4n) is 3.84. The van der Waals surface area contributed by atoms with Crippen molar-refractivity contribution in [2.24, 2.45) is 11.3 Å². The number of fused-ring (bicyclic) bond motifs is 3. The van der Waals surface area contributed by atoms with Crippen molar-refractivity contribution in [3.05, 3.63) is 44.7 Å². The van der Waals surface area contributed by atoms with E-state index in [4.69, 9.17) is 10.7 Å². The van der Waals surface area contributed by atoms with Crippen LogP contribution in [0, 0.1) is 11.3 Å². The van der Waals surface area contributed by atoms with E-state index in [2.05, 4.69) is 41.7 Å². The molecule has 0 aliphatic heterocycles. The van der Waals surface area contributed by atoms with Crippen LogP contribution in [0.25, 0.3) is 10.2 Å². The van der Waals surface area contributed by atoms with E-state index in [0.717, 1.165) is 27.5 Å².